The second kappa shape index (κ2) is 6.65. The van der Waals surface area contributed by atoms with Crippen molar-refractivity contribution in [2.75, 3.05) is 11.7 Å². The lowest BCUT2D eigenvalue weighted by atomic mass is 10.0. The quantitative estimate of drug-likeness (QED) is 0.453. The monoisotopic (exact) mass is 318 g/mol. The Hall–Kier alpha value is -1.62. The number of nitrogens with zero attached hydrogens (tertiary/aromatic N) is 2. The normalized spacial score (nSPS) is 16.3. The standard InChI is InChI=1S/C17H26N2O2Si/c1-6-7-8-9-13-10-11-15-14(12-13)16(18-21-2)17(20)19(15)22(3,4)5/h10-12H,6-9H2,1-5H3/b18-16-. The average molecular weight is 318 g/mol. The van der Waals surface area contributed by atoms with E-state index in [2.05, 4.69) is 49.9 Å². The van der Waals surface area contributed by atoms with Gasteiger partial charge in [-0.1, -0.05) is 50.6 Å². The Balaban J connectivity index is 2.41. The molecule has 1 aromatic rings. The molecule has 0 fully saturated rings. The van der Waals surface area contributed by atoms with E-state index in [-0.39, 0.29) is 5.91 Å². The molecule has 0 aliphatic carbocycles. The molecule has 1 amide bonds. The van der Waals surface area contributed by atoms with E-state index in [0.29, 0.717) is 5.71 Å². The first-order valence-corrected chi connectivity index (χ1v) is 11.4. The molecule has 2 rings (SSSR count). The van der Waals surface area contributed by atoms with E-state index < -0.39 is 8.24 Å². The summed E-state index contributed by atoms with van der Waals surface area (Å²) < 4.78 is 1.94. The summed E-state index contributed by atoms with van der Waals surface area (Å²) in [4.78, 5) is 17.6. The molecule has 0 atom stereocenters. The van der Waals surface area contributed by atoms with Gasteiger partial charge in [0.05, 0.1) is 0 Å². The average Bonchev–Trinajstić information content (AvgIpc) is 2.72. The zero-order valence-electron chi connectivity index (χ0n) is 14.3. The summed E-state index contributed by atoms with van der Waals surface area (Å²) in [5, 5.41) is 3.99. The van der Waals surface area contributed by atoms with Gasteiger partial charge in [0, 0.05) is 11.3 Å². The number of benzene rings is 1. The van der Waals surface area contributed by atoms with Gasteiger partial charge in [-0.3, -0.25) is 4.79 Å². The molecule has 22 heavy (non-hydrogen) atoms. The molecule has 1 heterocycles. The van der Waals surface area contributed by atoms with Gasteiger partial charge >= 0.3 is 0 Å². The maximum atomic E-state index is 12.7. The summed E-state index contributed by atoms with van der Waals surface area (Å²) >= 11 is 0. The molecule has 5 heteroatoms. The van der Waals surface area contributed by atoms with Crippen LogP contribution in [0.1, 0.15) is 37.3 Å². The van der Waals surface area contributed by atoms with Crippen molar-refractivity contribution < 1.29 is 9.63 Å². The highest BCUT2D eigenvalue weighted by Crippen LogP contribution is 2.34. The molecule has 1 aromatic carbocycles. The SMILES string of the molecule is CCCCCc1ccc2c(c1)/C(=N/OC)C(=O)N2[Si](C)(C)C. The van der Waals surface area contributed by atoms with E-state index in [1.165, 1.54) is 31.9 Å². The maximum Gasteiger partial charge on any atom is 0.273 e. The summed E-state index contributed by atoms with van der Waals surface area (Å²) in [5.74, 6) is -0.0262. The molecule has 0 N–H and O–H groups in total. The number of amides is 1. The number of oxime groups is 1. The lowest BCUT2D eigenvalue weighted by Crippen LogP contribution is -2.49. The van der Waals surface area contributed by atoms with Crippen molar-refractivity contribution in [1.82, 2.24) is 0 Å². The van der Waals surface area contributed by atoms with Crippen LogP contribution in [0.25, 0.3) is 0 Å². The minimum absolute atomic E-state index is 0.0262. The van der Waals surface area contributed by atoms with Crippen molar-refractivity contribution in [2.24, 2.45) is 5.16 Å². The van der Waals surface area contributed by atoms with Gasteiger partial charge in [0.15, 0.2) is 13.9 Å². The number of carbonyl (C=O) groups excluding carboxylic acids is 1. The van der Waals surface area contributed by atoms with Crippen LogP contribution in [-0.2, 0) is 16.1 Å². The molecule has 0 bridgehead atoms. The Morgan fingerprint density at radius 2 is 1.95 bits per heavy atom. The Bertz CT molecular complexity index is 591. The zero-order valence-corrected chi connectivity index (χ0v) is 15.3. The molecule has 0 aromatic heterocycles. The molecule has 120 valence electrons. The molecular weight excluding hydrogens is 292 g/mol. The summed E-state index contributed by atoms with van der Waals surface area (Å²) in [5.41, 5.74) is 3.61. The summed E-state index contributed by atoms with van der Waals surface area (Å²) in [6.45, 7) is 8.70. The van der Waals surface area contributed by atoms with Gasteiger partial charge in [0.2, 0.25) is 0 Å². The topological polar surface area (TPSA) is 41.9 Å². The number of aryl methyl sites for hydroxylation is 1. The van der Waals surface area contributed by atoms with Crippen LogP contribution < -0.4 is 4.57 Å². The number of hydrogen-bond acceptors (Lipinski definition) is 3. The Morgan fingerprint density at radius 1 is 1.23 bits per heavy atom. The summed E-state index contributed by atoms with van der Waals surface area (Å²) in [6, 6.07) is 6.33. The molecule has 0 spiro atoms. The van der Waals surface area contributed by atoms with Crippen LogP contribution in [0.3, 0.4) is 0 Å². The molecule has 1 aliphatic heterocycles. The van der Waals surface area contributed by atoms with Crippen molar-refractivity contribution >= 4 is 25.5 Å². The number of unbranched alkanes of at least 4 members (excludes halogenated alkanes) is 2. The molecule has 0 radical (unpaired) electrons. The largest absolute Gasteiger partial charge is 0.398 e. The van der Waals surface area contributed by atoms with Crippen LogP contribution in [-0.4, -0.2) is 27.0 Å². The number of rotatable bonds is 6. The molecule has 0 saturated heterocycles. The van der Waals surface area contributed by atoms with Gasteiger partial charge in [-0.15, -0.1) is 0 Å². The predicted molar refractivity (Wildman–Crippen MR) is 94.0 cm³/mol. The number of hydrogen-bond donors (Lipinski definition) is 0. The first kappa shape index (κ1) is 16.7. The minimum Gasteiger partial charge on any atom is -0.398 e. The van der Waals surface area contributed by atoms with E-state index in [0.717, 1.165) is 17.7 Å². The summed E-state index contributed by atoms with van der Waals surface area (Å²) in [6.07, 6.45) is 4.67. The third kappa shape index (κ3) is 3.24. The lowest BCUT2D eigenvalue weighted by molar-refractivity contribution is -0.111. The van der Waals surface area contributed by atoms with E-state index in [4.69, 9.17) is 4.84 Å². The van der Waals surface area contributed by atoms with Crippen molar-refractivity contribution in [3.8, 4) is 0 Å². The highest BCUT2D eigenvalue weighted by molar-refractivity contribution is 6.87. The Kier molecular flexibility index (Phi) is 5.06. The van der Waals surface area contributed by atoms with E-state index in [1.54, 1.807) is 0 Å². The van der Waals surface area contributed by atoms with Crippen molar-refractivity contribution in [3.05, 3.63) is 29.3 Å². The van der Waals surface area contributed by atoms with Gasteiger partial charge in [-0.2, -0.15) is 0 Å². The smallest absolute Gasteiger partial charge is 0.273 e. The van der Waals surface area contributed by atoms with E-state index >= 15 is 0 Å². The minimum atomic E-state index is -1.81. The van der Waals surface area contributed by atoms with Crippen LogP contribution in [0.15, 0.2) is 23.4 Å². The van der Waals surface area contributed by atoms with Gasteiger partial charge in [0.25, 0.3) is 5.91 Å². The second-order valence-corrected chi connectivity index (χ2v) is 11.5. The number of carbonyl (C=O) groups is 1. The third-order valence-corrected chi connectivity index (χ3v) is 5.67. The van der Waals surface area contributed by atoms with Crippen LogP contribution >= 0.6 is 0 Å². The number of fused-ring (bicyclic) bond motifs is 1. The zero-order chi connectivity index (χ0) is 16.3. The fraction of sp³-hybridized carbons (Fsp3) is 0.529. The van der Waals surface area contributed by atoms with Crippen molar-refractivity contribution in [3.63, 3.8) is 0 Å². The predicted octanol–water partition coefficient (Wildman–Crippen LogP) is 3.95. The maximum absolute atomic E-state index is 12.7. The Morgan fingerprint density at radius 3 is 2.55 bits per heavy atom. The fourth-order valence-electron chi connectivity index (χ4n) is 2.88. The number of anilines is 1. The van der Waals surface area contributed by atoms with E-state index in [1.807, 2.05) is 4.57 Å². The van der Waals surface area contributed by atoms with Gasteiger partial charge in [-0.25, -0.2) is 0 Å². The highest BCUT2D eigenvalue weighted by Gasteiger charge is 2.41. The first-order chi connectivity index (χ1) is 10.4. The molecular formula is C17H26N2O2Si. The van der Waals surface area contributed by atoms with Crippen LogP contribution in [0.2, 0.25) is 19.6 Å². The molecule has 0 unspecified atom stereocenters. The van der Waals surface area contributed by atoms with Gasteiger partial charge < -0.3 is 9.40 Å². The summed E-state index contributed by atoms with van der Waals surface area (Å²) in [7, 11) is -0.322. The lowest BCUT2D eigenvalue weighted by Gasteiger charge is -2.30. The first-order valence-electron chi connectivity index (χ1n) is 7.99. The van der Waals surface area contributed by atoms with E-state index in [9.17, 15) is 4.79 Å². The van der Waals surface area contributed by atoms with Crippen molar-refractivity contribution in [2.45, 2.75) is 52.2 Å². The fourth-order valence-corrected chi connectivity index (χ4v) is 4.51. The second-order valence-electron chi connectivity index (χ2n) is 6.74. The Labute approximate surface area is 134 Å². The van der Waals surface area contributed by atoms with Crippen LogP contribution in [0, 0.1) is 0 Å². The molecule has 0 saturated carbocycles. The van der Waals surface area contributed by atoms with Crippen LogP contribution in [0.4, 0.5) is 5.69 Å². The van der Waals surface area contributed by atoms with Crippen molar-refractivity contribution in [1.29, 1.82) is 0 Å². The van der Waals surface area contributed by atoms with Gasteiger partial charge in [-0.05, 0) is 30.5 Å². The van der Waals surface area contributed by atoms with Gasteiger partial charge in [0.1, 0.15) is 7.11 Å². The molecule has 4 nitrogen and oxygen atoms in total. The third-order valence-electron chi connectivity index (χ3n) is 3.89. The van der Waals surface area contributed by atoms with Crippen LogP contribution in [0.5, 0.6) is 0 Å². The molecule has 1 aliphatic rings. The highest BCUT2D eigenvalue weighted by atomic mass is 28.3.